The largest absolute Gasteiger partial charge is 0.461 e. The molecule has 0 atom stereocenters. The number of hydrogen-bond donors (Lipinski definition) is 1. The summed E-state index contributed by atoms with van der Waals surface area (Å²) in [4.78, 5) is 11.7. The van der Waals surface area contributed by atoms with Crippen LogP contribution in [0.2, 0.25) is 10.0 Å². The molecule has 0 amide bonds. The van der Waals surface area contributed by atoms with Gasteiger partial charge in [-0.25, -0.2) is 0 Å². The molecule has 2 rings (SSSR count). The highest BCUT2D eigenvalue weighted by Gasteiger charge is 2.11. The van der Waals surface area contributed by atoms with Crippen molar-refractivity contribution >= 4 is 29.2 Å². The van der Waals surface area contributed by atoms with Crippen LogP contribution in [0, 0.1) is 0 Å². The van der Waals surface area contributed by atoms with E-state index >= 15 is 0 Å². The van der Waals surface area contributed by atoms with Crippen LogP contribution in [0.3, 0.4) is 0 Å². The summed E-state index contributed by atoms with van der Waals surface area (Å²) in [7, 11) is 0. The Kier molecular flexibility index (Phi) is 4.46. The number of hydrogen-bond acceptors (Lipinski definition) is 6. The quantitative estimate of drug-likeness (QED) is 0.931. The number of nitrogens with two attached hydrogens (primary N) is 1. The Balaban J connectivity index is 2.28. The first kappa shape index (κ1) is 14.6. The van der Waals surface area contributed by atoms with Crippen LogP contribution in [0.5, 0.6) is 17.8 Å². The summed E-state index contributed by atoms with van der Waals surface area (Å²) in [6.45, 7) is 3.68. The van der Waals surface area contributed by atoms with E-state index < -0.39 is 0 Å². The minimum absolute atomic E-state index is 0.0104. The highest BCUT2D eigenvalue weighted by molar-refractivity contribution is 6.34. The Hall–Kier alpha value is -1.79. The molecule has 20 heavy (non-hydrogen) atoms. The van der Waals surface area contributed by atoms with Crippen molar-refractivity contribution in [3.05, 3.63) is 28.2 Å². The molecule has 106 valence electrons. The standard InChI is InChI=1S/C12H12Cl2N4O2/c1-6(2)19-11-16-10(15)17-12(18-11)20-9-5-7(13)3-4-8(9)14/h3-6H,1-2H3,(H2,15,16,17,18). The predicted molar refractivity (Wildman–Crippen MR) is 76.5 cm³/mol. The first-order valence-electron chi connectivity index (χ1n) is 5.75. The second-order valence-electron chi connectivity index (χ2n) is 4.10. The van der Waals surface area contributed by atoms with Gasteiger partial charge in [-0.3, -0.25) is 0 Å². The van der Waals surface area contributed by atoms with Gasteiger partial charge in [0, 0.05) is 11.1 Å². The van der Waals surface area contributed by atoms with E-state index in [4.69, 9.17) is 38.4 Å². The monoisotopic (exact) mass is 314 g/mol. The highest BCUT2D eigenvalue weighted by Crippen LogP contribution is 2.31. The van der Waals surface area contributed by atoms with E-state index in [1.165, 1.54) is 0 Å². The van der Waals surface area contributed by atoms with Gasteiger partial charge in [0.2, 0.25) is 5.95 Å². The molecule has 0 bridgehead atoms. The maximum atomic E-state index is 5.99. The molecule has 2 aromatic rings. The number of nitrogens with zero attached hydrogens (tertiary/aromatic N) is 3. The third-order valence-corrected chi connectivity index (χ3v) is 2.59. The number of anilines is 1. The molecule has 2 N–H and O–H groups in total. The number of aromatic nitrogens is 3. The Morgan fingerprint density at radius 3 is 2.50 bits per heavy atom. The smallest absolute Gasteiger partial charge is 0.330 e. The molecule has 0 saturated carbocycles. The van der Waals surface area contributed by atoms with E-state index in [0.29, 0.717) is 15.8 Å². The van der Waals surface area contributed by atoms with Crippen molar-refractivity contribution < 1.29 is 9.47 Å². The Bertz CT molecular complexity index is 622. The summed E-state index contributed by atoms with van der Waals surface area (Å²) in [6.07, 6.45) is -0.0978. The lowest BCUT2D eigenvalue weighted by Crippen LogP contribution is -2.11. The lowest BCUT2D eigenvalue weighted by molar-refractivity contribution is 0.219. The number of nitrogen functional groups attached to an aromatic ring is 1. The van der Waals surface area contributed by atoms with Gasteiger partial charge in [-0.15, -0.1) is 4.98 Å². The number of ether oxygens (including phenoxy) is 2. The first-order chi connectivity index (χ1) is 9.44. The van der Waals surface area contributed by atoms with E-state index in [0.717, 1.165) is 0 Å². The van der Waals surface area contributed by atoms with Gasteiger partial charge in [0.05, 0.1) is 11.1 Å². The fraction of sp³-hybridized carbons (Fsp3) is 0.250. The lowest BCUT2D eigenvalue weighted by Gasteiger charge is -2.10. The van der Waals surface area contributed by atoms with Crippen LogP contribution in [0.4, 0.5) is 5.95 Å². The average molecular weight is 315 g/mol. The molecule has 1 aromatic carbocycles. The third kappa shape index (κ3) is 3.85. The number of rotatable bonds is 4. The van der Waals surface area contributed by atoms with Crippen LogP contribution in [0.15, 0.2) is 18.2 Å². The normalized spacial score (nSPS) is 10.7. The third-order valence-electron chi connectivity index (χ3n) is 2.05. The zero-order chi connectivity index (χ0) is 14.7. The molecule has 0 saturated heterocycles. The van der Waals surface area contributed by atoms with E-state index in [1.807, 2.05) is 13.8 Å². The summed E-state index contributed by atoms with van der Waals surface area (Å²) in [6, 6.07) is 4.87. The van der Waals surface area contributed by atoms with Gasteiger partial charge in [0.15, 0.2) is 5.75 Å². The maximum Gasteiger partial charge on any atom is 0.330 e. The topological polar surface area (TPSA) is 83.2 Å². The lowest BCUT2D eigenvalue weighted by atomic mass is 10.3. The van der Waals surface area contributed by atoms with Gasteiger partial charge < -0.3 is 15.2 Å². The van der Waals surface area contributed by atoms with E-state index in [-0.39, 0.29) is 24.1 Å². The molecule has 0 radical (unpaired) electrons. The Labute approximate surface area is 125 Å². The van der Waals surface area contributed by atoms with E-state index in [9.17, 15) is 0 Å². The van der Waals surface area contributed by atoms with Crippen molar-refractivity contribution in [2.24, 2.45) is 0 Å². The summed E-state index contributed by atoms with van der Waals surface area (Å²) >= 11 is 11.9. The molecular weight excluding hydrogens is 303 g/mol. The molecule has 0 spiro atoms. The molecule has 0 aliphatic carbocycles. The fourth-order valence-electron chi connectivity index (χ4n) is 1.32. The SMILES string of the molecule is CC(C)Oc1nc(N)nc(Oc2cc(Cl)ccc2Cl)n1. The van der Waals surface area contributed by atoms with Crippen LogP contribution in [-0.4, -0.2) is 21.1 Å². The second kappa shape index (κ2) is 6.11. The maximum absolute atomic E-state index is 5.99. The molecular formula is C12H12Cl2N4O2. The predicted octanol–water partition coefficient (Wildman–Crippen LogP) is 3.34. The van der Waals surface area contributed by atoms with Crippen molar-refractivity contribution in [3.8, 4) is 17.8 Å². The van der Waals surface area contributed by atoms with Gasteiger partial charge >= 0.3 is 12.0 Å². The minimum Gasteiger partial charge on any atom is -0.461 e. The average Bonchev–Trinajstić information content (AvgIpc) is 2.32. The van der Waals surface area contributed by atoms with Crippen LogP contribution in [0.25, 0.3) is 0 Å². The van der Waals surface area contributed by atoms with Crippen LogP contribution < -0.4 is 15.2 Å². The van der Waals surface area contributed by atoms with Crippen molar-refractivity contribution in [1.29, 1.82) is 0 Å². The first-order valence-corrected chi connectivity index (χ1v) is 6.51. The number of benzene rings is 1. The van der Waals surface area contributed by atoms with Gasteiger partial charge in [-0.1, -0.05) is 23.2 Å². The van der Waals surface area contributed by atoms with Gasteiger partial charge in [-0.05, 0) is 26.0 Å². The summed E-state index contributed by atoms with van der Waals surface area (Å²) < 4.78 is 10.8. The molecule has 1 aromatic heterocycles. The molecule has 0 aliphatic heterocycles. The molecule has 0 fully saturated rings. The minimum atomic E-state index is -0.0978. The van der Waals surface area contributed by atoms with Gasteiger partial charge in [-0.2, -0.15) is 9.97 Å². The molecule has 0 aliphatic rings. The van der Waals surface area contributed by atoms with Crippen LogP contribution in [0.1, 0.15) is 13.8 Å². The molecule has 8 heteroatoms. The summed E-state index contributed by atoms with van der Waals surface area (Å²) in [5, 5.41) is 0.852. The van der Waals surface area contributed by atoms with Crippen molar-refractivity contribution in [3.63, 3.8) is 0 Å². The van der Waals surface area contributed by atoms with Crippen molar-refractivity contribution in [2.45, 2.75) is 20.0 Å². The van der Waals surface area contributed by atoms with Crippen LogP contribution in [-0.2, 0) is 0 Å². The van der Waals surface area contributed by atoms with Gasteiger partial charge in [0.25, 0.3) is 0 Å². The van der Waals surface area contributed by atoms with E-state index in [1.54, 1.807) is 18.2 Å². The zero-order valence-corrected chi connectivity index (χ0v) is 12.3. The highest BCUT2D eigenvalue weighted by atomic mass is 35.5. The molecule has 0 unspecified atom stereocenters. The fourth-order valence-corrected chi connectivity index (χ4v) is 1.63. The van der Waals surface area contributed by atoms with E-state index in [2.05, 4.69) is 15.0 Å². The second-order valence-corrected chi connectivity index (χ2v) is 4.95. The molecule has 1 heterocycles. The Morgan fingerprint density at radius 2 is 1.80 bits per heavy atom. The summed E-state index contributed by atoms with van der Waals surface area (Å²) in [5.74, 6) is 0.309. The van der Waals surface area contributed by atoms with Gasteiger partial charge in [0.1, 0.15) is 0 Å². The summed E-state index contributed by atoms with van der Waals surface area (Å²) in [5.41, 5.74) is 5.58. The van der Waals surface area contributed by atoms with Crippen molar-refractivity contribution in [2.75, 3.05) is 5.73 Å². The number of halogens is 2. The zero-order valence-electron chi connectivity index (χ0n) is 10.8. The Morgan fingerprint density at radius 1 is 1.10 bits per heavy atom. The molecule has 6 nitrogen and oxygen atoms in total. The van der Waals surface area contributed by atoms with Crippen LogP contribution >= 0.6 is 23.2 Å². The van der Waals surface area contributed by atoms with Crippen molar-refractivity contribution in [1.82, 2.24) is 15.0 Å².